The van der Waals surface area contributed by atoms with Gasteiger partial charge in [-0.3, -0.25) is 0 Å². The molecule has 3 nitrogen and oxygen atoms in total. The first-order valence-electron chi connectivity index (χ1n) is 6.93. The number of hydrogen-bond donors (Lipinski definition) is 0. The summed E-state index contributed by atoms with van der Waals surface area (Å²) in [6.07, 6.45) is 3.49. The van der Waals surface area contributed by atoms with Gasteiger partial charge in [0.2, 0.25) is 0 Å². The summed E-state index contributed by atoms with van der Waals surface area (Å²) in [4.78, 5) is 16.3. The molecule has 1 aliphatic rings. The van der Waals surface area contributed by atoms with Crippen LogP contribution >= 0.6 is 0 Å². The van der Waals surface area contributed by atoms with Crippen LogP contribution in [0.2, 0.25) is 0 Å². The fourth-order valence-corrected chi connectivity index (χ4v) is 2.62. The molecule has 100 valence electrons. The molecule has 1 aliphatic heterocycles. The Balaban J connectivity index is 2.50. The van der Waals surface area contributed by atoms with Crippen LogP contribution in [0.3, 0.4) is 0 Å². The minimum absolute atomic E-state index is 0.213. The number of likely N-dealkylation sites (tertiary alicyclic amines) is 1. The van der Waals surface area contributed by atoms with Gasteiger partial charge < -0.3 is 9.80 Å². The lowest BCUT2D eigenvalue weighted by Crippen LogP contribution is -2.48. The monoisotopic (exact) mass is 240 g/mol. The van der Waals surface area contributed by atoms with Crippen molar-refractivity contribution in [1.82, 2.24) is 9.80 Å². The van der Waals surface area contributed by atoms with Crippen LogP contribution in [0.4, 0.5) is 4.79 Å². The van der Waals surface area contributed by atoms with Gasteiger partial charge in [0, 0.05) is 26.2 Å². The van der Waals surface area contributed by atoms with Crippen LogP contribution in [0.15, 0.2) is 0 Å². The first-order valence-corrected chi connectivity index (χ1v) is 6.93. The first kappa shape index (κ1) is 14.3. The van der Waals surface area contributed by atoms with Gasteiger partial charge in [0.15, 0.2) is 0 Å². The fraction of sp³-hybridized carbons (Fsp3) is 0.929. The number of piperidine rings is 1. The van der Waals surface area contributed by atoms with E-state index >= 15 is 0 Å². The van der Waals surface area contributed by atoms with Gasteiger partial charge in [-0.2, -0.15) is 0 Å². The van der Waals surface area contributed by atoms with E-state index < -0.39 is 0 Å². The van der Waals surface area contributed by atoms with E-state index in [2.05, 4.69) is 27.7 Å². The molecule has 1 saturated heterocycles. The second kappa shape index (κ2) is 6.27. The molecule has 1 fully saturated rings. The van der Waals surface area contributed by atoms with Gasteiger partial charge in [-0.25, -0.2) is 4.79 Å². The number of carbonyl (C=O) groups excluding carboxylic acids is 1. The van der Waals surface area contributed by atoms with Crippen LogP contribution in [0.25, 0.3) is 0 Å². The van der Waals surface area contributed by atoms with Crippen molar-refractivity contribution < 1.29 is 4.79 Å². The number of rotatable bonds is 3. The topological polar surface area (TPSA) is 23.6 Å². The lowest BCUT2D eigenvalue weighted by atomic mass is 10.0. The molecule has 2 amide bonds. The zero-order valence-corrected chi connectivity index (χ0v) is 12.1. The molecular formula is C14H28N2O. The van der Waals surface area contributed by atoms with Gasteiger partial charge in [-0.1, -0.05) is 20.8 Å². The van der Waals surface area contributed by atoms with Crippen LogP contribution in [0.1, 0.15) is 47.0 Å². The molecule has 0 aliphatic carbocycles. The van der Waals surface area contributed by atoms with Crippen molar-refractivity contribution in [2.75, 3.05) is 20.1 Å². The molecule has 0 aromatic heterocycles. The summed E-state index contributed by atoms with van der Waals surface area (Å²) in [6, 6.07) is 0.546. The van der Waals surface area contributed by atoms with Crippen LogP contribution in [-0.4, -0.2) is 42.0 Å². The van der Waals surface area contributed by atoms with E-state index in [0.29, 0.717) is 17.9 Å². The van der Waals surface area contributed by atoms with Crippen LogP contribution in [0.5, 0.6) is 0 Å². The van der Waals surface area contributed by atoms with E-state index in [0.717, 1.165) is 25.9 Å². The van der Waals surface area contributed by atoms with Gasteiger partial charge >= 0.3 is 6.03 Å². The third-order valence-corrected chi connectivity index (χ3v) is 3.70. The highest BCUT2D eigenvalue weighted by Gasteiger charge is 2.25. The Hall–Kier alpha value is -0.730. The van der Waals surface area contributed by atoms with Gasteiger partial charge in [0.1, 0.15) is 0 Å². The van der Waals surface area contributed by atoms with E-state index in [-0.39, 0.29) is 6.03 Å². The lowest BCUT2D eigenvalue weighted by Gasteiger charge is -2.36. The highest BCUT2D eigenvalue weighted by Crippen LogP contribution is 2.18. The second-order valence-corrected chi connectivity index (χ2v) is 6.07. The molecule has 0 saturated carbocycles. The average molecular weight is 240 g/mol. The largest absolute Gasteiger partial charge is 0.325 e. The Morgan fingerprint density at radius 3 is 2.59 bits per heavy atom. The molecule has 0 radical (unpaired) electrons. The minimum atomic E-state index is 0.213. The van der Waals surface area contributed by atoms with E-state index in [1.54, 1.807) is 0 Å². The molecule has 2 atom stereocenters. The zero-order valence-electron chi connectivity index (χ0n) is 12.1. The van der Waals surface area contributed by atoms with Crippen LogP contribution in [-0.2, 0) is 0 Å². The number of hydrogen-bond acceptors (Lipinski definition) is 1. The molecule has 0 aromatic rings. The normalized spacial score (nSPS) is 22.7. The highest BCUT2D eigenvalue weighted by atomic mass is 16.2. The van der Waals surface area contributed by atoms with Crippen molar-refractivity contribution >= 4 is 6.03 Å². The number of urea groups is 1. The maximum Gasteiger partial charge on any atom is 0.319 e. The highest BCUT2D eigenvalue weighted by molar-refractivity contribution is 5.74. The average Bonchev–Trinajstić information content (AvgIpc) is 2.26. The molecule has 1 heterocycles. The summed E-state index contributed by atoms with van der Waals surface area (Å²) in [7, 11) is 1.94. The molecule has 0 bridgehead atoms. The van der Waals surface area contributed by atoms with Gasteiger partial charge in [0.05, 0.1) is 0 Å². The predicted octanol–water partition coefficient (Wildman–Crippen LogP) is 3.20. The second-order valence-electron chi connectivity index (χ2n) is 6.07. The zero-order chi connectivity index (χ0) is 13.0. The summed E-state index contributed by atoms with van der Waals surface area (Å²) in [5, 5.41) is 0. The Labute approximate surface area is 106 Å². The van der Waals surface area contributed by atoms with E-state index in [9.17, 15) is 4.79 Å². The van der Waals surface area contributed by atoms with Crippen molar-refractivity contribution in [2.45, 2.75) is 53.0 Å². The molecule has 2 unspecified atom stereocenters. The number of amides is 2. The van der Waals surface area contributed by atoms with Crippen molar-refractivity contribution in [3.63, 3.8) is 0 Å². The summed E-state index contributed by atoms with van der Waals surface area (Å²) in [6.45, 7) is 10.7. The van der Waals surface area contributed by atoms with E-state index in [1.165, 1.54) is 6.42 Å². The Kier molecular flexibility index (Phi) is 5.29. The Morgan fingerprint density at radius 1 is 1.41 bits per heavy atom. The Morgan fingerprint density at radius 2 is 2.06 bits per heavy atom. The standard InChI is InChI=1S/C14H28N2O/c1-11(2)9-13(4)15(5)14(17)16-8-6-7-12(3)10-16/h11-13H,6-10H2,1-5H3. The predicted molar refractivity (Wildman–Crippen MR) is 72.0 cm³/mol. The lowest BCUT2D eigenvalue weighted by molar-refractivity contribution is 0.124. The van der Waals surface area contributed by atoms with E-state index in [1.807, 2.05) is 16.8 Å². The van der Waals surface area contributed by atoms with Crippen molar-refractivity contribution in [1.29, 1.82) is 0 Å². The van der Waals surface area contributed by atoms with Crippen LogP contribution in [0, 0.1) is 11.8 Å². The first-order chi connectivity index (χ1) is 7.91. The van der Waals surface area contributed by atoms with Crippen molar-refractivity contribution in [3.8, 4) is 0 Å². The molecule has 1 rings (SSSR count). The number of nitrogens with zero attached hydrogens (tertiary/aromatic N) is 2. The summed E-state index contributed by atoms with van der Waals surface area (Å²) in [5.41, 5.74) is 0. The quantitative estimate of drug-likeness (QED) is 0.743. The SMILES string of the molecule is CC(C)CC(C)N(C)C(=O)N1CCCC(C)C1. The minimum Gasteiger partial charge on any atom is -0.325 e. The molecule has 17 heavy (non-hydrogen) atoms. The summed E-state index contributed by atoms with van der Waals surface area (Å²) in [5.74, 6) is 1.29. The van der Waals surface area contributed by atoms with Gasteiger partial charge in [0.25, 0.3) is 0 Å². The summed E-state index contributed by atoms with van der Waals surface area (Å²) >= 11 is 0. The molecule has 0 N–H and O–H groups in total. The number of carbonyl (C=O) groups is 1. The van der Waals surface area contributed by atoms with Crippen molar-refractivity contribution in [2.24, 2.45) is 11.8 Å². The van der Waals surface area contributed by atoms with Crippen LogP contribution < -0.4 is 0 Å². The van der Waals surface area contributed by atoms with Gasteiger partial charge in [-0.05, 0) is 38.0 Å². The molecular weight excluding hydrogens is 212 g/mol. The molecule has 0 spiro atoms. The molecule has 3 heteroatoms. The third-order valence-electron chi connectivity index (χ3n) is 3.70. The maximum absolute atomic E-state index is 12.3. The maximum atomic E-state index is 12.3. The van der Waals surface area contributed by atoms with Gasteiger partial charge in [-0.15, -0.1) is 0 Å². The smallest absolute Gasteiger partial charge is 0.319 e. The molecule has 0 aromatic carbocycles. The van der Waals surface area contributed by atoms with Crippen molar-refractivity contribution in [3.05, 3.63) is 0 Å². The van der Waals surface area contributed by atoms with E-state index in [4.69, 9.17) is 0 Å². The fourth-order valence-electron chi connectivity index (χ4n) is 2.62. The third kappa shape index (κ3) is 4.21. The summed E-state index contributed by atoms with van der Waals surface area (Å²) < 4.78 is 0. The Bertz CT molecular complexity index is 253.